The molecule has 1 unspecified atom stereocenters. The molecule has 7 nitrogen and oxygen atoms in total. The van der Waals surface area contributed by atoms with Crippen LogP contribution in [0.1, 0.15) is 39.6 Å². The van der Waals surface area contributed by atoms with Gasteiger partial charge in [-0.3, -0.25) is 9.69 Å². The third-order valence-electron chi connectivity index (χ3n) is 7.82. The average Bonchev–Trinajstić information content (AvgIpc) is 3.52. The number of hydrogen-bond donors (Lipinski definition) is 3. The summed E-state index contributed by atoms with van der Waals surface area (Å²) in [5.41, 5.74) is 4.68. The molecule has 7 heteroatoms. The number of rotatable bonds is 10. The van der Waals surface area contributed by atoms with Gasteiger partial charge >= 0.3 is 6.03 Å². The number of nitrogens with one attached hydrogen (secondary N) is 3. The van der Waals surface area contributed by atoms with Crippen LogP contribution in [0, 0.1) is 0 Å². The summed E-state index contributed by atoms with van der Waals surface area (Å²) >= 11 is 0. The fourth-order valence-electron chi connectivity index (χ4n) is 5.61. The van der Waals surface area contributed by atoms with E-state index in [1.807, 2.05) is 109 Å². The maximum atomic E-state index is 13.9. The second-order valence-corrected chi connectivity index (χ2v) is 11.2. The van der Waals surface area contributed by atoms with Crippen molar-refractivity contribution < 1.29 is 14.3 Å². The van der Waals surface area contributed by atoms with Gasteiger partial charge in [0.25, 0.3) is 5.91 Å². The molecule has 0 bridgehead atoms. The monoisotopic (exact) mass is 596 g/mol. The Hall–Kier alpha value is -5.40. The van der Waals surface area contributed by atoms with Gasteiger partial charge in [0.05, 0.1) is 5.56 Å². The van der Waals surface area contributed by atoms with Crippen LogP contribution in [-0.2, 0) is 6.54 Å². The van der Waals surface area contributed by atoms with E-state index in [4.69, 9.17) is 4.74 Å². The van der Waals surface area contributed by atoms with Crippen LogP contribution in [0.3, 0.4) is 0 Å². The predicted octanol–water partition coefficient (Wildman–Crippen LogP) is 7.50. The molecule has 0 spiro atoms. The molecule has 1 fully saturated rings. The molecule has 1 atom stereocenters. The molecular weight excluding hydrogens is 560 g/mol. The number of urea groups is 1. The molecule has 5 aromatic rings. The molecule has 1 aliphatic heterocycles. The minimum absolute atomic E-state index is 0.00824. The Kier molecular flexibility index (Phi) is 9.48. The van der Waals surface area contributed by atoms with Gasteiger partial charge in [0.2, 0.25) is 0 Å². The number of carbonyl (C=O) groups is 2. The number of carbonyl (C=O) groups excluding carboxylic acids is 2. The van der Waals surface area contributed by atoms with Crippen molar-refractivity contribution in [1.82, 2.24) is 10.2 Å². The quantitative estimate of drug-likeness (QED) is 0.156. The first-order chi connectivity index (χ1) is 22.1. The molecule has 226 valence electrons. The summed E-state index contributed by atoms with van der Waals surface area (Å²) in [6.07, 6.45) is 0.412. The van der Waals surface area contributed by atoms with E-state index in [2.05, 4.69) is 33.0 Å². The Bertz CT molecular complexity index is 1660. The number of hydrogen-bond acceptors (Lipinski definition) is 4. The molecule has 0 aromatic heterocycles. The number of amides is 3. The van der Waals surface area contributed by atoms with Crippen molar-refractivity contribution in [2.75, 3.05) is 23.7 Å². The van der Waals surface area contributed by atoms with Gasteiger partial charge < -0.3 is 20.7 Å². The molecule has 3 N–H and O–H groups in total. The van der Waals surface area contributed by atoms with E-state index in [9.17, 15) is 9.59 Å². The topological polar surface area (TPSA) is 82.7 Å². The second kappa shape index (κ2) is 14.4. The lowest BCUT2D eigenvalue weighted by Gasteiger charge is -2.23. The Labute approximate surface area is 263 Å². The van der Waals surface area contributed by atoms with E-state index in [1.54, 1.807) is 18.2 Å². The lowest BCUT2D eigenvalue weighted by molar-refractivity contribution is 0.0931. The predicted molar refractivity (Wildman–Crippen MR) is 178 cm³/mol. The highest BCUT2D eigenvalue weighted by Crippen LogP contribution is 2.32. The minimum atomic E-state index is -0.438. The summed E-state index contributed by atoms with van der Waals surface area (Å²) in [6.45, 7) is 2.49. The van der Waals surface area contributed by atoms with Crippen molar-refractivity contribution in [3.8, 4) is 5.75 Å². The Balaban J connectivity index is 1.24. The van der Waals surface area contributed by atoms with Gasteiger partial charge in [-0.15, -0.1) is 0 Å². The summed E-state index contributed by atoms with van der Waals surface area (Å²) in [5.74, 6) is 0.182. The fourth-order valence-corrected chi connectivity index (χ4v) is 5.61. The van der Waals surface area contributed by atoms with Crippen molar-refractivity contribution >= 4 is 23.3 Å². The number of ether oxygens (including phenoxy) is 1. The van der Waals surface area contributed by atoms with Crippen molar-refractivity contribution in [2.45, 2.75) is 25.1 Å². The van der Waals surface area contributed by atoms with Gasteiger partial charge in [0.15, 0.2) is 0 Å². The van der Waals surface area contributed by atoms with Crippen LogP contribution < -0.4 is 20.7 Å². The maximum absolute atomic E-state index is 13.9. The molecular formula is C38H36N4O3. The number of nitrogens with zero attached hydrogens (tertiary/aromatic N) is 1. The van der Waals surface area contributed by atoms with Crippen LogP contribution in [0.25, 0.3) is 0 Å². The van der Waals surface area contributed by atoms with Crippen LogP contribution in [0.4, 0.5) is 16.2 Å². The summed E-state index contributed by atoms with van der Waals surface area (Å²) < 4.78 is 6.66. The molecule has 0 radical (unpaired) electrons. The molecule has 0 saturated carbocycles. The second-order valence-electron chi connectivity index (χ2n) is 11.2. The summed E-state index contributed by atoms with van der Waals surface area (Å²) in [5, 5.41) is 8.92. The normalized spacial score (nSPS) is 14.6. The third kappa shape index (κ3) is 7.96. The van der Waals surface area contributed by atoms with Crippen molar-refractivity contribution in [1.29, 1.82) is 0 Å². The highest BCUT2D eigenvalue weighted by atomic mass is 16.5. The first-order valence-electron chi connectivity index (χ1n) is 15.2. The molecule has 1 aliphatic rings. The third-order valence-corrected chi connectivity index (χ3v) is 7.82. The molecule has 6 rings (SSSR count). The van der Waals surface area contributed by atoms with Crippen LogP contribution in [0.5, 0.6) is 5.75 Å². The van der Waals surface area contributed by atoms with Gasteiger partial charge in [-0.05, 0) is 53.4 Å². The highest BCUT2D eigenvalue weighted by molar-refractivity contribution is 6.02. The number of para-hydroxylation sites is 1. The van der Waals surface area contributed by atoms with Gasteiger partial charge in [-0.2, -0.15) is 0 Å². The molecule has 5 aromatic carbocycles. The molecule has 3 amide bonds. The highest BCUT2D eigenvalue weighted by Gasteiger charge is 2.27. The summed E-state index contributed by atoms with van der Waals surface area (Å²) in [7, 11) is 0. The Morgan fingerprint density at radius 3 is 1.93 bits per heavy atom. The molecule has 45 heavy (non-hydrogen) atoms. The molecule has 1 heterocycles. The zero-order valence-corrected chi connectivity index (χ0v) is 24.9. The largest absolute Gasteiger partial charge is 0.480 e. The van der Waals surface area contributed by atoms with Crippen LogP contribution in [-0.4, -0.2) is 36.0 Å². The van der Waals surface area contributed by atoms with Gasteiger partial charge in [0, 0.05) is 37.1 Å². The fraction of sp³-hybridized carbons (Fsp3) is 0.158. The van der Waals surface area contributed by atoms with E-state index in [0.717, 1.165) is 37.2 Å². The molecule has 1 saturated heterocycles. The van der Waals surface area contributed by atoms with Crippen LogP contribution >= 0.6 is 0 Å². The summed E-state index contributed by atoms with van der Waals surface area (Å²) in [6, 6.07) is 44.2. The first-order valence-corrected chi connectivity index (χ1v) is 15.2. The Morgan fingerprint density at radius 1 is 0.711 bits per heavy atom. The first kappa shape index (κ1) is 29.7. The van der Waals surface area contributed by atoms with Crippen molar-refractivity contribution in [2.24, 2.45) is 0 Å². The van der Waals surface area contributed by atoms with Gasteiger partial charge in [0.1, 0.15) is 11.9 Å². The van der Waals surface area contributed by atoms with Crippen LogP contribution in [0.2, 0.25) is 0 Å². The van der Waals surface area contributed by atoms with Gasteiger partial charge in [-0.25, -0.2) is 4.79 Å². The van der Waals surface area contributed by atoms with Gasteiger partial charge in [-0.1, -0.05) is 109 Å². The van der Waals surface area contributed by atoms with Crippen molar-refractivity contribution in [3.05, 3.63) is 162 Å². The zero-order chi connectivity index (χ0) is 30.8. The van der Waals surface area contributed by atoms with E-state index in [-0.39, 0.29) is 11.9 Å². The number of anilines is 2. The SMILES string of the molecule is O=C(Nc1ccccc1)Nc1ccc(OC(c2ccccc2)c2ccccc2)c(C(=O)NC2CCN(Cc3ccccc3)C2)c1. The van der Waals surface area contributed by atoms with E-state index in [0.29, 0.717) is 22.7 Å². The number of benzene rings is 5. The maximum Gasteiger partial charge on any atom is 0.323 e. The number of likely N-dealkylation sites (tertiary alicyclic amines) is 1. The average molecular weight is 597 g/mol. The minimum Gasteiger partial charge on any atom is -0.480 e. The van der Waals surface area contributed by atoms with E-state index >= 15 is 0 Å². The molecule has 0 aliphatic carbocycles. The van der Waals surface area contributed by atoms with E-state index < -0.39 is 12.1 Å². The smallest absolute Gasteiger partial charge is 0.323 e. The van der Waals surface area contributed by atoms with Crippen LogP contribution in [0.15, 0.2) is 140 Å². The standard InChI is InChI=1S/C38H36N4O3/c43-37(39-33-23-24-42(27-33)26-28-13-5-1-6-14-28)34-25-32(41-38(44)40-31-19-11-4-12-20-31)21-22-35(34)45-36(29-15-7-2-8-16-29)30-17-9-3-10-18-30/h1-22,25,33,36H,23-24,26-27H2,(H,39,43)(H2,40,41,44). The summed E-state index contributed by atoms with van der Waals surface area (Å²) in [4.78, 5) is 29.1. The van der Waals surface area contributed by atoms with Crippen molar-refractivity contribution in [3.63, 3.8) is 0 Å². The van der Waals surface area contributed by atoms with E-state index in [1.165, 1.54) is 5.56 Å². The zero-order valence-electron chi connectivity index (χ0n) is 24.9. The lowest BCUT2D eigenvalue weighted by Crippen LogP contribution is -2.37. The Morgan fingerprint density at radius 2 is 1.29 bits per heavy atom. The lowest BCUT2D eigenvalue weighted by atomic mass is 10.0.